The molecule has 2 aromatic heterocycles. The van der Waals surface area contributed by atoms with Crippen LogP contribution in [0.15, 0.2) is 36.0 Å². The minimum absolute atomic E-state index is 0.327. The molecule has 1 aromatic carbocycles. The van der Waals surface area contributed by atoms with Crippen molar-refractivity contribution in [1.29, 1.82) is 0 Å². The number of anilines is 1. The van der Waals surface area contributed by atoms with E-state index in [0.717, 1.165) is 16.8 Å². The van der Waals surface area contributed by atoms with Crippen molar-refractivity contribution in [2.75, 3.05) is 4.72 Å². The minimum Gasteiger partial charge on any atom is -0.366 e. The van der Waals surface area contributed by atoms with Gasteiger partial charge in [-0.1, -0.05) is 19.9 Å². The molecule has 1 amide bonds. The largest absolute Gasteiger partial charge is 0.366 e. The average Bonchev–Trinajstić information content (AvgIpc) is 3.48. The molecule has 0 atom stereocenters. The molecule has 1 fully saturated rings. The van der Waals surface area contributed by atoms with Gasteiger partial charge in [0.25, 0.3) is 0 Å². The van der Waals surface area contributed by atoms with Crippen LogP contribution in [0.2, 0.25) is 0 Å². The number of carbonyl (C=O) groups is 1. The van der Waals surface area contributed by atoms with Crippen LogP contribution < -0.4 is 10.5 Å². The zero-order valence-electron chi connectivity index (χ0n) is 17.4. The average molecular weight is 458 g/mol. The van der Waals surface area contributed by atoms with Gasteiger partial charge in [-0.05, 0) is 37.5 Å². The molecule has 1 aliphatic rings. The Kier molecular flexibility index (Phi) is 5.30. The third-order valence-electron chi connectivity index (χ3n) is 5.35. The van der Waals surface area contributed by atoms with E-state index in [4.69, 9.17) is 5.73 Å². The van der Waals surface area contributed by atoms with Gasteiger partial charge in [0.2, 0.25) is 15.9 Å². The number of thiazole rings is 1. The molecule has 3 N–H and O–H groups in total. The summed E-state index contributed by atoms with van der Waals surface area (Å²) in [6, 6.07) is 5.22. The molecule has 0 saturated heterocycles. The zero-order valence-corrected chi connectivity index (χ0v) is 19.0. The molecule has 4 rings (SSSR count). The molecule has 3 aromatic rings. The van der Waals surface area contributed by atoms with E-state index in [1.807, 2.05) is 32.2 Å². The normalized spacial score (nSPS) is 14.4. The maximum absolute atomic E-state index is 12.3. The van der Waals surface area contributed by atoms with Crippen LogP contribution >= 0.6 is 11.3 Å². The van der Waals surface area contributed by atoms with Crippen molar-refractivity contribution in [3.63, 3.8) is 0 Å². The fraction of sp³-hybridized carbons (Fsp3) is 0.333. The maximum atomic E-state index is 12.3. The second kappa shape index (κ2) is 7.69. The number of primary amides is 1. The molecule has 0 aliphatic heterocycles. The van der Waals surface area contributed by atoms with Gasteiger partial charge >= 0.3 is 0 Å². The highest BCUT2D eigenvalue weighted by Gasteiger charge is 2.37. The van der Waals surface area contributed by atoms with Gasteiger partial charge in [-0.25, -0.2) is 18.4 Å². The fourth-order valence-electron chi connectivity index (χ4n) is 3.36. The summed E-state index contributed by atoms with van der Waals surface area (Å²) in [5.41, 5.74) is 8.96. The number of nitrogens with zero attached hydrogens (tertiary/aromatic N) is 3. The van der Waals surface area contributed by atoms with E-state index >= 15 is 0 Å². The summed E-state index contributed by atoms with van der Waals surface area (Å²) in [4.78, 5) is 25.2. The highest BCUT2D eigenvalue weighted by atomic mass is 32.2. The van der Waals surface area contributed by atoms with E-state index in [2.05, 4.69) is 19.7 Å². The molecule has 31 heavy (non-hydrogen) atoms. The van der Waals surface area contributed by atoms with Crippen LogP contribution in [0.3, 0.4) is 0 Å². The molecular weight excluding hydrogens is 434 g/mol. The predicted molar refractivity (Wildman–Crippen MR) is 121 cm³/mol. The first-order valence-electron chi connectivity index (χ1n) is 9.79. The highest BCUT2D eigenvalue weighted by molar-refractivity contribution is 7.93. The van der Waals surface area contributed by atoms with Crippen molar-refractivity contribution in [2.24, 2.45) is 5.73 Å². The van der Waals surface area contributed by atoms with Crippen LogP contribution in [0, 0.1) is 6.92 Å². The monoisotopic (exact) mass is 457 g/mol. The molecule has 0 unspecified atom stereocenters. The van der Waals surface area contributed by atoms with Crippen LogP contribution in [-0.2, 0) is 15.4 Å². The number of aromatic nitrogens is 3. The van der Waals surface area contributed by atoms with Crippen LogP contribution in [-0.4, -0.2) is 34.5 Å². The Balaban J connectivity index is 1.78. The molecule has 10 heteroatoms. The van der Waals surface area contributed by atoms with Crippen molar-refractivity contribution in [3.05, 3.63) is 58.5 Å². The summed E-state index contributed by atoms with van der Waals surface area (Å²) in [5.74, 6) is -0.532. The number of rotatable bonds is 7. The van der Waals surface area contributed by atoms with E-state index in [1.54, 1.807) is 24.5 Å². The molecule has 2 heterocycles. The van der Waals surface area contributed by atoms with Gasteiger partial charge in [0.15, 0.2) is 5.13 Å². The lowest BCUT2D eigenvalue weighted by Crippen LogP contribution is -2.23. The van der Waals surface area contributed by atoms with Crippen LogP contribution in [0.25, 0.3) is 11.3 Å². The van der Waals surface area contributed by atoms with Crippen molar-refractivity contribution >= 4 is 32.4 Å². The Morgan fingerprint density at radius 2 is 1.97 bits per heavy atom. The SMILES string of the molecule is Cc1cncc(-c2ccc(C(N)=O)cc2C(C)(C)c2csc(NS(=O)(=O)C3CC3)n2)n1. The second-order valence-corrected chi connectivity index (χ2v) is 11.0. The van der Waals surface area contributed by atoms with Gasteiger partial charge in [0, 0.05) is 28.1 Å². The first kappa shape index (κ1) is 21.4. The number of nitrogens with two attached hydrogens (primary N) is 1. The first-order valence-corrected chi connectivity index (χ1v) is 12.2. The third-order valence-corrected chi connectivity index (χ3v) is 8.06. The number of aryl methyl sites for hydroxylation is 1. The minimum atomic E-state index is -3.39. The number of amides is 1. The number of nitrogens with one attached hydrogen (secondary N) is 1. The molecular formula is C21H23N5O3S2. The molecule has 8 nitrogen and oxygen atoms in total. The third kappa shape index (κ3) is 4.31. The number of hydrogen-bond acceptors (Lipinski definition) is 7. The Hall–Kier alpha value is -2.85. The Bertz CT molecular complexity index is 1260. The van der Waals surface area contributed by atoms with Gasteiger partial charge in [-0.15, -0.1) is 11.3 Å². The lowest BCUT2D eigenvalue weighted by Gasteiger charge is -2.26. The summed E-state index contributed by atoms with van der Waals surface area (Å²) in [6.07, 6.45) is 4.70. The lowest BCUT2D eigenvalue weighted by atomic mass is 9.78. The molecule has 162 valence electrons. The van der Waals surface area contributed by atoms with Crippen molar-refractivity contribution in [1.82, 2.24) is 15.0 Å². The summed E-state index contributed by atoms with van der Waals surface area (Å²) in [7, 11) is -3.39. The van der Waals surface area contributed by atoms with Crippen molar-refractivity contribution in [3.8, 4) is 11.3 Å². The molecule has 0 radical (unpaired) electrons. The molecule has 0 bridgehead atoms. The number of sulfonamides is 1. The molecule has 1 aliphatic carbocycles. The van der Waals surface area contributed by atoms with Crippen LogP contribution in [0.1, 0.15) is 54.0 Å². The molecule has 0 spiro atoms. The van der Waals surface area contributed by atoms with Gasteiger partial charge in [0.05, 0.1) is 28.5 Å². The zero-order chi connectivity index (χ0) is 22.4. The smallest absolute Gasteiger partial charge is 0.248 e. The number of carbonyl (C=O) groups excluding carboxylic acids is 1. The van der Waals surface area contributed by atoms with E-state index in [9.17, 15) is 13.2 Å². The lowest BCUT2D eigenvalue weighted by molar-refractivity contribution is 0.1000. The Morgan fingerprint density at radius 3 is 2.61 bits per heavy atom. The van der Waals surface area contributed by atoms with Gasteiger partial charge < -0.3 is 5.73 Å². The topological polar surface area (TPSA) is 128 Å². The summed E-state index contributed by atoms with van der Waals surface area (Å²) in [5, 5.41) is 1.83. The first-order chi connectivity index (χ1) is 14.6. The van der Waals surface area contributed by atoms with E-state index in [1.165, 1.54) is 11.3 Å². The maximum Gasteiger partial charge on any atom is 0.248 e. The Morgan fingerprint density at radius 1 is 1.23 bits per heavy atom. The van der Waals surface area contributed by atoms with Crippen molar-refractivity contribution < 1.29 is 13.2 Å². The van der Waals surface area contributed by atoms with Crippen LogP contribution in [0.4, 0.5) is 5.13 Å². The quantitative estimate of drug-likeness (QED) is 0.560. The fourth-order valence-corrected chi connectivity index (χ4v) is 5.84. The van der Waals surface area contributed by atoms with Gasteiger partial charge in [-0.3, -0.25) is 14.5 Å². The summed E-state index contributed by atoms with van der Waals surface area (Å²) in [6.45, 7) is 5.79. The number of benzene rings is 1. The molecule has 1 saturated carbocycles. The van der Waals surface area contributed by atoms with E-state index in [0.29, 0.717) is 34.9 Å². The Labute approximate surface area is 185 Å². The van der Waals surface area contributed by atoms with E-state index in [-0.39, 0.29) is 5.25 Å². The number of hydrogen-bond donors (Lipinski definition) is 2. The van der Waals surface area contributed by atoms with E-state index < -0.39 is 21.3 Å². The summed E-state index contributed by atoms with van der Waals surface area (Å²) < 4.78 is 27.1. The standard InChI is InChI=1S/C21H23N5O3S2/c1-12-9-23-10-17(24-12)15-7-4-13(19(22)27)8-16(15)21(2,3)18-11-30-20(25-18)26-31(28,29)14-5-6-14/h4,7-11,14H,5-6H2,1-3H3,(H2,22,27)(H,25,26). The summed E-state index contributed by atoms with van der Waals surface area (Å²) >= 11 is 1.24. The van der Waals surface area contributed by atoms with Gasteiger partial charge in [-0.2, -0.15) is 0 Å². The van der Waals surface area contributed by atoms with Crippen molar-refractivity contribution in [2.45, 2.75) is 44.3 Å². The second-order valence-electron chi connectivity index (χ2n) is 8.18. The van der Waals surface area contributed by atoms with Gasteiger partial charge in [0.1, 0.15) is 0 Å². The van der Waals surface area contributed by atoms with Crippen LogP contribution in [0.5, 0.6) is 0 Å². The highest BCUT2D eigenvalue weighted by Crippen LogP contribution is 2.39. The predicted octanol–water partition coefficient (Wildman–Crippen LogP) is 3.24.